The number of fused-ring (bicyclic) bond motifs is 2. The molecule has 1 aliphatic heterocycles. The summed E-state index contributed by atoms with van der Waals surface area (Å²) in [5, 5.41) is 4.27. The van der Waals surface area contributed by atoms with Gasteiger partial charge in [-0.05, 0) is 80.9 Å². The molecule has 1 N–H and O–H groups in total. The van der Waals surface area contributed by atoms with Crippen molar-refractivity contribution in [3.8, 4) is 11.6 Å². The lowest BCUT2D eigenvalue weighted by atomic mass is 10.0. The van der Waals surface area contributed by atoms with Gasteiger partial charge in [-0.25, -0.2) is 19.9 Å². The number of ketones is 1. The van der Waals surface area contributed by atoms with Crippen LogP contribution in [0, 0.1) is 6.92 Å². The first-order valence-corrected chi connectivity index (χ1v) is 13.0. The Bertz CT molecular complexity index is 1690. The van der Waals surface area contributed by atoms with Crippen molar-refractivity contribution in [2.24, 2.45) is 0 Å². The van der Waals surface area contributed by atoms with Crippen LogP contribution in [0.4, 0.5) is 11.5 Å². The zero-order valence-corrected chi connectivity index (χ0v) is 21.9. The number of benzene rings is 2. The quantitative estimate of drug-likeness (QED) is 0.277. The third kappa shape index (κ3) is 5.49. The molecule has 1 fully saturated rings. The summed E-state index contributed by atoms with van der Waals surface area (Å²) in [6, 6.07) is 13.9. The van der Waals surface area contributed by atoms with Crippen LogP contribution in [0.3, 0.4) is 0 Å². The molecule has 39 heavy (non-hydrogen) atoms. The second-order valence-corrected chi connectivity index (χ2v) is 9.89. The molecular weight excluding hydrogens is 490 g/mol. The maximum absolute atomic E-state index is 12.7. The lowest BCUT2D eigenvalue weighted by Gasteiger charge is -2.14. The van der Waals surface area contributed by atoms with Crippen LogP contribution in [-0.4, -0.2) is 54.7 Å². The number of aromatic nitrogens is 5. The van der Waals surface area contributed by atoms with Crippen LogP contribution in [0.1, 0.15) is 24.0 Å². The highest BCUT2D eigenvalue weighted by Crippen LogP contribution is 2.30. The highest BCUT2D eigenvalue weighted by atomic mass is 16.5. The molecule has 3 aromatic heterocycles. The van der Waals surface area contributed by atoms with Gasteiger partial charge in [-0.3, -0.25) is 14.1 Å². The Morgan fingerprint density at radius 3 is 2.90 bits per heavy atom. The number of carbonyl (C=O) groups excluding carboxylic acids is 1. The van der Waals surface area contributed by atoms with Gasteiger partial charge in [0.05, 0.1) is 5.52 Å². The topological polar surface area (TPSA) is 97.5 Å². The predicted molar refractivity (Wildman–Crippen MR) is 151 cm³/mol. The monoisotopic (exact) mass is 519 g/mol. The average molecular weight is 520 g/mol. The molecule has 1 saturated heterocycles. The Morgan fingerprint density at radius 1 is 1.13 bits per heavy atom. The molecule has 0 amide bonds. The predicted octanol–water partition coefficient (Wildman–Crippen LogP) is 5.28. The molecule has 1 atom stereocenters. The van der Waals surface area contributed by atoms with E-state index in [0.717, 1.165) is 46.3 Å². The normalized spacial score (nSPS) is 15.9. The molecule has 196 valence electrons. The van der Waals surface area contributed by atoms with E-state index in [9.17, 15) is 4.79 Å². The number of nitrogens with one attached hydrogen (secondary N) is 1. The minimum atomic E-state index is 0.0913. The standard InChI is InChI=1S/C30H29N7O2/c1-20-14-22(6-10-27(20)39-29-17-28-31-11-13-37(28)19-34-29)35-30-25-16-21(5-9-26(25)32-18-33-30)15-24(38)8-7-23-4-3-12-36(23)2/h5-11,13-14,16-19,23H,3-4,12,15H2,1-2H3,(H,32,33,35)/b8-7+/t23-/m1/s1. The van der Waals surface area contributed by atoms with Crippen molar-refractivity contribution in [2.75, 3.05) is 18.9 Å². The molecule has 9 heteroatoms. The summed E-state index contributed by atoms with van der Waals surface area (Å²) >= 11 is 0. The average Bonchev–Trinajstić information content (AvgIpc) is 3.57. The van der Waals surface area contributed by atoms with E-state index in [2.05, 4.69) is 37.2 Å². The molecule has 6 rings (SSSR count). The molecule has 1 aliphatic rings. The zero-order valence-electron chi connectivity index (χ0n) is 21.9. The van der Waals surface area contributed by atoms with E-state index in [-0.39, 0.29) is 5.78 Å². The van der Waals surface area contributed by atoms with Gasteiger partial charge in [0.15, 0.2) is 5.78 Å². The van der Waals surface area contributed by atoms with Gasteiger partial charge in [0, 0.05) is 42.0 Å². The van der Waals surface area contributed by atoms with Gasteiger partial charge in [-0.1, -0.05) is 12.1 Å². The number of rotatable bonds is 8. The molecule has 0 unspecified atom stereocenters. The second-order valence-electron chi connectivity index (χ2n) is 9.89. The fourth-order valence-electron chi connectivity index (χ4n) is 4.92. The minimum absolute atomic E-state index is 0.0913. The molecule has 4 heterocycles. The van der Waals surface area contributed by atoms with Gasteiger partial charge < -0.3 is 10.1 Å². The van der Waals surface area contributed by atoms with E-state index in [4.69, 9.17) is 4.74 Å². The molecule has 0 radical (unpaired) electrons. The molecule has 0 aliphatic carbocycles. The van der Waals surface area contributed by atoms with Gasteiger partial charge in [0.25, 0.3) is 0 Å². The van der Waals surface area contributed by atoms with E-state index >= 15 is 0 Å². The van der Waals surface area contributed by atoms with Crippen LogP contribution >= 0.6 is 0 Å². The first kappa shape index (κ1) is 24.7. The number of allylic oxidation sites excluding steroid dienone is 1. The Labute approximate surface area is 226 Å². The van der Waals surface area contributed by atoms with Crippen molar-refractivity contribution in [3.63, 3.8) is 0 Å². The number of hydrogen-bond donors (Lipinski definition) is 1. The van der Waals surface area contributed by atoms with Crippen molar-refractivity contribution < 1.29 is 9.53 Å². The number of anilines is 2. The van der Waals surface area contributed by atoms with Gasteiger partial charge in [-0.2, -0.15) is 0 Å². The summed E-state index contributed by atoms with van der Waals surface area (Å²) in [4.78, 5) is 32.5. The molecule has 2 aromatic carbocycles. The summed E-state index contributed by atoms with van der Waals surface area (Å²) < 4.78 is 7.84. The molecular formula is C30H29N7O2. The van der Waals surface area contributed by atoms with Crippen molar-refractivity contribution in [2.45, 2.75) is 32.2 Å². The fourth-order valence-corrected chi connectivity index (χ4v) is 4.92. The van der Waals surface area contributed by atoms with Crippen LogP contribution in [0.2, 0.25) is 0 Å². The first-order valence-electron chi connectivity index (χ1n) is 13.0. The summed E-state index contributed by atoms with van der Waals surface area (Å²) in [7, 11) is 2.10. The number of carbonyl (C=O) groups is 1. The summed E-state index contributed by atoms with van der Waals surface area (Å²) in [5.74, 6) is 1.95. The Morgan fingerprint density at radius 2 is 2.05 bits per heavy atom. The number of likely N-dealkylation sites (tertiary alicyclic amines) is 1. The molecule has 5 aromatic rings. The van der Waals surface area contributed by atoms with Crippen molar-refractivity contribution in [1.29, 1.82) is 0 Å². The lowest BCUT2D eigenvalue weighted by Crippen LogP contribution is -2.22. The number of likely N-dealkylation sites (N-methyl/N-ethyl adjacent to an activating group) is 1. The van der Waals surface area contributed by atoms with Crippen molar-refractivity contribution >= 4 is 33.8 Å². The maximum atomic E-state index is 12.7. The number of imidazole rings is 1. The number of ether oxygens (including phenoxy) is 1. The van der Waals surface area contributed by atoms with Gasteiger partial charge in [-0.15, -0.1) is 0 Å². The van der Waals surface area contributed by atoms with Crippen LogP contribution in [0.15, 0.2) is 79.7 Å². The lowest BCUT2D eigenvalue weighted by molar-refractivity contribution is -0.114. The fraction of sp³-hybridized carbons (Fsp3) is 0.233. The largest absolute Gasteiger partial charge is 0.439 e. The van der Waals surface area contributed by atoms with E-state index in [1.807, 2.05) is 60.0 Å². The SMILES string of the molecule is Cc1cc(Nc2ncnc3ccc(CC(=O)/C=C/[C@H]4CCCN4C)cc23)ccc1Oc1cc2nccn2cn1. The first-order chi connectivity index (χ1) is 19.0. The van der Waals surface area contributed by atoms with Crippen molar-refractivity contribution in [1.82, 2.24) is 29.2 Å². The van der Waals surface area contributed by atoms with E-state index < -0.39 is 0 Å². The van der Waals surface area contributed by atoms with Crippen LogP contribution in [0.25, 0.3) is 16.6 Å². The minimum Gasteiger partial charge on any atom is -0.439 e. The second kappa shape index (κ2) is 10.6. The van der Waals surface area contributed by atoms with Crippen LogP contribution in [0.5, 0.6) is 11.6 Å². The van der Waals surface area contributed by atoms with Gasteiger partial charge in [0.2, 0.25) is 5.88 Å². The Kier molecular flexibility index (Phi) is 6.73. The summed E-state index contributed by atoms with van der Waals surface area (Å²) in [6.07, 6.45) is 13.2. The highest BCUT2D eigenvalue weighted by Gasteiger charge is 2.18. The Balaban J connectivity index is 1.18. The smallest absolute Gasteiger partial charge is 0.224 e. The molecule has 0 saturated carbocycles. The van der Waals surface area contributed by atoms with Crippen LogP contribution in [-0.2, 0) is 11.2 Å². The number of aryl methyl sites for hydroxylation is 1. The van der Waals surface area contributed by atoms with Crippen molar-refractivity contribution in [3.05, 3.63) is 90.8 Å². The molecule has 9 nitrogen and oxygen atoms in total. The summed E-state index contributed by atoms with van der Waals surface area (Å²) in [6.45, 7) is 3.06. The third-order valence-electron chi connectivity index (χ3n) is 7.07. The number of nitrogens with zero attached hydrogens (tertiary/aromatic N) is 6. The maximum Gasteiger partial charge on any atom is 0.224 e. The van der Waals surface area contributed by atoms with E-state index in [1.54, 1.807) is 24.7 Å². The molecule has 0 spiro atoms. The summed E-state index contributed by atoms with van der Waals surface area (Å²) in [5.41, 5.74) is 4.31. The van der Waals surface area contributed by atoms with E-state index in [1.165, 1.54) is 12.7 Å². The third-order valence-corrected chi connectivity index (χ3v) is 7.07. The van der Waals surface area contributed by atoms with Gasteiger partial charge in [0.1, 0.15) is 29.9 Å². The van der Waals surface area contributed by atoms with Crippen LogP contribution < -0.4 is 10.1 Å². The number of hydrogen-bond acceptors (Lipinski definition) is 8. The molecule has 0 bridgehead atoms. The van der Waals surface area contributed by atoms with Gasteiger partial charge >= 0.3 is 0 Å². The van der Waals surface area contributed by atoms with E-state index in [0.29, 0.717) is 29.9 Å². The zero-order chi connectivity index (χ0) is 26.8. The Hall–Kier alpha value is -4.63. The highest BCUT2D eigenvalue weighted by molar-refractivity contribution is 5.94.